The Hall–Kier alpha value is -1.69. The van der Waals surface area contributed by atoms with E-state index in [2.05, 4.69) is 16.3 Å². The van der Waals surface area contributed by atoms with Crippen molar-refractivity contribution in [3.05, 3.63) is 46.9 Å². The zero-order valence-corrected chi connectivity index (χ0v) is 16.2. The Morgan fingerprint density at radius 2 is 1.96 bits per heavy atom. The second-order valence-electron chi connectivity index (χ2n) is 6.53. The smallest absolute Gasteiger partial charge is 0.179 e. The molecule has 0 bridgehead atoms. The first-order valence-electron chi connectivity index (χ1n) is 9.12. The van der Waals surface area contributed by atoms with E-state index in [1.165, 1.54) is 19.3 Å². The molecule has 6 heteroatoms. The van der Waals surface area contributed by atoms with E-state index < -0.39 is 0 Å². The van der Waals surface area contributed by atoms with Gasteiger partial charge in [-0.2, -0.15) is 0 Å². The maximum atomic E-state index is 6.48. The van der Waals surface area contributed by atoms with Crippen molar-refractivity contribution in [2.75, 3.05) is 33.9 Å². The molecule has 26 heavy (non-hydrogen) atoms. The third kappa shape index (κ3) is 4.34. The molecule has 2 aromatic rings. The number of nitrogens with one attached hydrogen (secondary N) is 1. The van der Waals surface area contributed by atoms with E-state index in [4.69, 9.17) is 25.5 Å². The number of hydrogen-bond acceptors (Lipinski definition) is 5. The van der Waals surface area contributed by atoms with Gasteiger partial charge >= 0.3 is 0 Å². The van der Waals surface area contributed by atoms with Crippen LogP contribution in [-0.2, 0) is 6.54 Å². The second-order valence-corrected chi connectivity index (χ2v) is 6.91. The van der Waals surface area contributed by atoms with Crippen LogP contribution in [0.4, 0.5) is 0 Å². The first kappa shape index (κ1) is 19.1. The fraction of sp³-hybridized carbons (Fsp3) is 0.500. The third-order valence-corrected chi connectivity index (χ3v) is 5.34. The van der Waals surface area contributed by atoms with Gasteiger partial charge in [-0.3, -0.25) is 4.90 Å². The van der Waals surface area contributed by atoms with E-state index in [1.54, 1.807) is 20.5 Å². The lowest BCUT2D eigenvalue weighted by Crippen LogP contribution is -2.38. The van der Waals surface area contributed by atoms with Crippen LogP contribution in [0.1, 0.15) is 36.6 Å². The molecule has 3 rings (SSSR count). The van der Waals surface area contributed by atoms with E-state index >= 15 is 0 Å². The van der Waals surface area contributed by atoms with Gasteiger partial charge in [-0.25, -0.2) is 0 Å². The van der Waals surface area contributed by atoms with E-state index in [9.17, 15) is 0 Å². The predicted molar refractivity (Wildman–Crippen MR) is 103 cm³/mol. The summed E-state index contributed by atoms with van der Waals surface area (Å²) in [5.41, 5.74) is 0.987. The topological polar surface area (TPSA) is 46.9 Å². The Morgan fingerprint density at radius 1 is 1.15 bits per heavy atom. The largest absolute Gasteiger partial charge is 0.493 e. The highest BCUT2D eigenvalue weighted by Gasteiger charge is 2.24. The first-order valence-corrected chi connectivity index (χ1v) is 9.50. The standard InChI is InChI=1S/C20H27ClN2O3/c1-24-18-9-8-15(19(21)20(18)25-2)13-22-14-16(17-7-6-12-26-17)23-10-4-3-5-11-23/h6-9,12,16,22H,3-5,10-11,13-14H2,1-2H3. The minimum absolute atomic E-state index is 0.240. The van der Waals surface area contributed by atoms with Crippen LogP contribution >= 0.6 is 11.6 Å². The molecular formula is C20H27ClN2O3. The average Bonchev–Trinajstić information content (AvgIpc) is 3.21. The van der Waals surface area contributed by atoms with Crippen molar-refractivity contribution in [3.8, 4) is 11.5 Å². The second kappa shape index (κ2) is 9.31. The molecule has 1 aromatic carbocycles. The summed E-state index contributed by atoms with van der Waals surface area (Å²) in [4.78, 5) is 2.51. The molecule has 1 atom stereocenters. The van der Waals surface area contributed by atoms with Crippen molar-refractivity contribution in [3.63, 3.8) is 0 Å². The number of hydrogen-bond donors (Lipinski definition) is 1. The lowest BCUT2D eigenvalue weighted by molar-refractivity contribution is 0.142. The number of piperidine rings is 1. The Bertz CT molecular complexity index is 685. The molecule has 1 aliphatic heterocycles. The fourth-order valence-corrected chi connectivity index (χ4v) is 3.83. The Balaban J connectivity index is 1.66. The molecule has 1 N–H and O–H groups in total. The third-order valence-electron chi connectivity index (χ3n) is 4.92. The molecule has 2 heterocycles. The lowest BCUT2D eigenvalue weighted by atomic mass is 10.1. The minimum Gasteiger partial charge on any atom is -0.493 e. The molecule has 0 aliphatic carbocycles. The van der Waals surface area contributed by atoms with Crippen LogP contribution in [0, 0.1) is 0 Å². The summed E-state index contributed by atoms with van der Waals surface area (Å²) in [5, 5.41) is 4.12. The summed E-state index contributed by atoms with van der Waals surface area (Å²) in [5.74, 6) is 2.23. The molecule has 1 unspecified atom stereocenters. The number of ether oxygens (including phenoxy) is 2. The Labute approximate surface area is 160 Å². The van der Waals surface area contributed by atoms with Crippen molar-refractivity contribution < 1.29 is 13.9 Å². The van der Waals surface area contributed by atoms with Gasteiger partial charge in [0, 0.05) is 13.1 Å². The van der Waals surface area contributed by atoms with Gasteiger partial charge in [0.2, 0.25) is 0 Å². The van der Waals surface area contributed by atoms with Crippen molar-refractivity contribution in [1.29, 1.82) is 0 Å². The van der Waals surface area contributed by atoms with Gasteiger partial charge in [0.1, 0.15) is 5.76 Å². The molecule has 1 fully saturated rings. The molecule has 0 amide bonds. The minimum atomic E-state index is 0.240. The fourth-order valence-electron chi connectivity index (χ4n) is 3.53. The van der Waals surface area contributed by atoms with Crippen molar-refractivity contribution in [2.45, 2.75) is 31.8 Å². The van der Waals surface area contributed by atoms with Crippen LogP contribution in [-0.4, -0.2) is 38.8 Å². The molecule has 142 valence electrons. The SMILES string of the molecule is COc1ccc(CNCC(c2ccco2)N2CCCCC2)c(Cl)c1OC. The van der Waals surface area contributed by atoms with Gasteiger partial charge in [0.25, 0.3) is 0 Å². The first-order chi connectivity index (χ1) is 12.7. The molecule has 1 saturated heterocycles. The van der Waals surface area contributed by atoms with Crippen LogP contribution in [0.25, 0.3) is 0 Å². The van der Waals surface area contributed by atoms with Gasteiger partial charge in [-0.15, -0.1) is 0 Å². The van der Waals surface area contributed by atoms with E-state index in [0.717, 1.165) is 31.0 Å². The number of benzene rings is 1. The maximum Gasteiger partial charge on any atom is 0.179 e. The number of likely N-dealkylation sites (tertiary alicyclic amines) is 1. The Morgan fingerprint density at radius 3 is 2.62 bits per heavy atom. The number of nitrogens with zero attached hydrogens (tertiary/aromatic N) is 1. The number of rotatable bonds is 8. The maximum absolute atomic E-state index is 6.48. The van der Waals surface area contributed by atoms with Gasteiger partial charge in [-0.05, 0) is 49.7 Å². The van der Waals surface area contributed by atoms with E-state index in [-0.39, 0.29) is 6.04 Å². The molecular weight excluding hydrogens is 352 g/mol. The van der Waals surface area contributed by atoms with Crippen LogP contribution in [0.3, 0.4) is 0 Å². The van der Waals surface area contributed by atoms with Gasteiger partial charge < -0.3 is 19.2 Å². The highest BCUT2D eigenvalue weighted by molar-refractivity contribution is 6.33. The zero-order valence-electron chi connectivity index (χ0n) is 15.5. The van der Waals surface area contributed by atoms with Crippen LogP contribution in [0.15, 0.2) is 34.9 Å². The zero-order chi connectivity index (χ0) is 18.4. The molecule has 1 aromatic heterocycles. The quantitative estimate of drug-likeness (QED) is 0.743. The van der Waals surface area contributed by atoms with Gasteiger partial charge in [-0.1, -0.05) is 24.1 Å². The summed E-state index contributed by atoms with van der Waals surface area (Å²) in [7, 11) is 3.21. The monoisotopic (exact) mass is 378 g/mol. The van der Waals surface area contributed by atoms with Crippen LogP contribution in [0.5, 0.6) is 11.5 Å². The van der Waals surface area contributed by atoms with E-state index in [0.29, 0.717) is 23.1 Å². The summed E-state index contributed by atoms with van der Waals surface area (Å²) in [6, 6.07) is 8.11. The molecule has 0 saturated carbocycles. The number of halogens is 1. The van der Waals surface area contributed by atoms with Crippen molar-refractivity contribution >= 4 is 11.6 Å². The van der Waals surface area contributed by atoms with Gasteiger partial charge in [0.15, 0.2) is 11.5 Å². The average molecular weight is 379 g/mol. The van der Waals surface area contributed by atoms with Crippen LogP contribution < -0.4 is 14.8 Å². The highest BCUT2D eigenvalue weighted by atomic mass is 35.5. The molecule has 1 aliphatic rings. The number of furan rings is 1. The highest BCUT2D eigenvalue weighted by Crippen LogP contribution is 2.37. The molecule has 0 spiro atoms. The van der Waals surface area contributed by atoms with Crippen molar-refractivity contribution in [2.24, 2.45) is 0 Å². The van der Waals surface area contributed by atoms with E-state index in [1.807, 2.05) is 18.2 Å². The summed E-state index contributed by atoms with van der Waals surface area (Å²) in [6.45, 7) is 3.69. The summed E-state index contributed by atoms with van der Waals surface area (Å²) >= 11 is 6.48. The molecule has 5 nitrogen and oxygen atoms in total. The predicted octanol–water partition coefficient (Wildman–Crippen LogP) is 4.27. The normalized spacial score (nSPS) is 16.4. The number of methoxy groups -OCH3 is 2. The summed E-state index contributed by atoms with van der Waals surface area (Å²) in [6.07, 6.45) is 5.56. The van der Waals surface area contributed by atoms with Gasteiger partial charge in [0.05, 0.1) is 31.5 Å². The van der Waals surface area contributed by atoms with Crippen molar-refractivity contribution in [1.82, 2.24) is 10.2 Å². The van der Waals surface area contributed by atoms with Crippen LogP contribution in [0.2, 0.25) is 5.02 Å². The molecule has 0 radical (unpaired) electrons. The lowest BCUT2D eigenvalue weighted by Gasteiger charge is -2.33. The summed E-state index contributed by atoms with van der Waals surface area (Å²) < 4.78 is 16.4. The Kier molecular flexibility index (Phi) is 6.83.